The molecule has 3 heteroatoms. The third kappa shape index (κ3) is 2.80. The van der Waals surface area contributed by atoms with E-state index >= 15 is 0 Å². The molecule has 0 aromatic carbocycles. The molecule has 0 aromatic heterocycles. The summed E-state index contributed by atoms with van der Waals surface area (Å²) in [5, 5.41) is 9.76. The summed E-state index contributed by atoms with van der Waals surface area (Å²) in [6.07, 6.45) is 5.79. The number of carbonyl (C=O) groups excluding carboxylic acids is 1. The molecule has 0 radical (unpaired) electrons. The highest BCUT2D eigenvalue weighted by molar-refractivity contribution is 5.95. The summed E-state index contributed by atoms with van der Waals surface area (Å²) in [6.45, 7) is 8.16. The Labute approximate surface area is 90.4 Å². The van der Waals surface area contributed by atoms with Crippen molar-refractivity contribution in [3.63, 3.8) is 0 Å². The predicted molar refractivity (Wildman–Crippen MR) is 60.3 cm³/mol. The number of allylic oxidation sites excluding steroid dienone is 1. The average Bonchev–Trinajstić information content (AvgIpc) is 2.17. The standard InChI is InChI=1S/C12H17NO2/c1-4-6-13-7-5-11(14)12(15)10(13)8-9(2)3/h4-5,7-8,10,12,15H,1,6H2,2-3H3/t10-,12+/m1/s1. The van der Waals surface area contributed by atoms with E-state index in [2.05, 4.69) is 6.58 Å². The smallest absolute Gasteiger partial charge is 0.187 e. The highest BCUT2D eigenvalue weighted by Gasteiger charge is 2.29. The van der Waals surface area contributed by atoms with Gasteiger partial charge in [-0.1, -0.05) is 17.7 Å². The van der Waals surface area contributed by atoms with Crippen molar-refractivity contribution >= 4 is 5.78 Å². The number of rotatable bonds is 3. The first-order chi connectivity index (χ1) is 7.06. The molecule has 2 atom stereocenters. The van der Waals surface area contributed by atoms with Crippen LogP contribution in [0.15, 0.2) is 36.6 Å². The molecule has 0 saturated carbocycles. The molecule has 82 valence electrons. The first kappa shape index (κ1) is 11.7. The molecule has 1 aliphatic heterocycles. The molecule has 0 aromatic rings. The van der Waals surface area contributed by atoms with Crippen molar-refractivity contribution in [1.29, 1.82) is 0 Å². The zero-order chi connectivity index (χ0) is 11.4. The summed E-state index contributed by atoms with van der Waals surface area (Å²) in [7, 11) is 0. The van der Waals surface area contributed by atoms with Crippen LogP contribution in [0, 0.1) is 0 Å². The predicted octanol–water partition coefficient (Wildman–Crippen LogP) is 1.27. The Morgan fingerprint density at radius 2 is 2.33 bits per heavy atom. The van der Waals surface area contributed by atoms with Gasteiger partial charge in [-0.25, -0.2) is 0 Å². The van der Waals surface area contributed by atoms with Gasteiger partial charge in [0.2, 0.25) is 0 Å². The van der Waals surface area contributed by atoms with E-state index in [1.165, 1.54) is 6.08 Å². The summed E-state index contributed by atoms with van der Waals surface area (Å²) in [6, 6.07) is -0.273. The van der Waals surface area contributed by atoms with E-state index in [1.807, 2.05) is 24.8 Å². The van der Waals surface area contributed by atoms with Gasteiger partial charge in [-0.2, -0.15) is 0 Å². The Hall–Kier alpha value is -1.35. The van der Waals surface area contributed by atoms with Crippen LogP contribution in [0.1, 0.15) is 13.8 Å². The van der Waals surface area contributed by atoms with Crippen molar-refractivity contribution in [2.24, 2.45) is 0 Å². The van der Waals surface area contributed by atoms with E-state index in [9.17, 15) is 9.90 Å². The molecule has 1 rings (SSSR count). The van der Waals surface area contributed by atoms with Crippen LogP contribution in [0.25, 0.3) is 0 Å². The van der Waals surface area contributed by atoms with Crippen LogP contribution in [0.3, 0.4) is 0 Å². The lowest BCUT2D eigenvalue weighted by molar-refractivity contribution is -0.125. The second-order valence-corrected chi connectivity index (χ2v) is 3.88. The van der Waals surface area contributed by atoms with Crippen LogP contribution in [0.4, 0.5) is 0 Å². The zero-order valence-corrected chi connectivity index (χ0v) is 9.18. The van der Waals surface area contributed by atoms with Crippen molar-refractivity contribution in [1.82, 2.24) is 4.90 Å². The summed E-state index contributed by atoms with van der Waals surface area (Å²) < 4.78 is 0. The molecule has 0 bridgehead atoms. The minimum Gasteiger partial charge on any atom is -0.382 e. The molecule has 1 heterocycles. The minimum atomic E-state index is -0.968. The van der Waals surface area contributed by atoms with Gasteiger partial charge in [0.25, 0.3) is 0 Å². The Morgan fingerprint density at radius 1 is 1.67 bits per heavy atom. The lowest BCUT2D eigenvalue weighted by atomic mass is 10.00. The molecule has 15 heavy (non-hydrogen) atoms. The van der Waals surface area contributed by atoms with Gasteiger partial charge in [-0.15, -0.1) is 6.58 Å². The molecular weight excluding hydrogens is 190 g/mol. The van der Waals surface area contributed by atoms with Gasteiger partial charge in [0.15, 0.2) is 5.78 Å². The monoisotopic (exact) mass is 207 g/mol. The van der Waals surface area contributed by atoms with Crippen LogP contribution in [-0.4, -0.2) is 34.5 Å². The first-order valence-corrected chi connectivity index (χ1v) is 4.98. The second-order valence-electron chi connectivity index (χ2n) is 3.88. The SMILES string of the molecule is C=CCN1C=CC(=O)[C@@H](O)[C@H]1C=C(C)C. The molecule has 1 aliphatic rings. The Balaban J connectivity index is 2.94. The van der Waals surface area contributed by atoms with Crippen LogP contribution in [-0.2, 0) is 4.79 Å². The molecule has 1 N–H and O–H groups in total. The van der Waals surface area contributed by atoms with Crippen molar-refractivity contribution in [2.45, 2.75) is 26.0 Å². The van der Waals surface area contributed by atoms with Gasteiger partial charge in [-0.05, 0) is 19.9 Å². The summed E-state index contributed by atoms with van der Waals surface area (Å²) >= 11 is 0. The first-order valence-electron chi connectivity index (χ1n) is 4.98. The fourth-order valence-electron chi connectivity index (χ4n) is 1.58. The highest BCUT2D eigenvalue weighted by atomic mass is 16.3. The minimum absolute atomic E-state index is 0.238. The van der Waals surface area contributed by atoms with Crippen LogP contribution in [0.2, 0.25) is 0 Å². The largest absolute Gasteiger partial charge is 0.382 e. The Bertz CT molecular complexity index is 314. The van der Waals surface area contributed by atoms with E-state index in [4.69, 9.17) is 0 Å². The topological polar surface area (TPSA) is 40.5 Å². The van der Waals surface area contributed by atoms with E-state index in [0.717, 1.165) is 5.57 Å². The number of hydrogen-bond acceptors (Lipinski definition) is 3. The summed E-state index contributed by atoms with van der Waals surface area (Å²) in [4.78, 5) is 13.2. The number of aliphatic hydroxyl groups is 1. The van der Waals surface area contributed by atoms with Gasteiger partial charge < -0.3 is 10.0 Å². The molecule has 0 spiro atoms. The zero-order valence-electron chi connectivity index (χ0n) is 9.18. The van der Waals surface area contributed by atoms with Gasteiger partial charge in [-0.3, -0.25) is 4.79 Å². The third-order valence-electron chi connectivity index (χ3n) is 2.27. The van der Waals surface area contributed by atoms with E-state index in [1.54, 1.807) is 12.3 Å². The van der Waals surface area contributed by atoms with E-state index in [0.29, 0.717) is 6.54 Å². The fourth-order valence-corrected chi connectivity index (χ4v) is 1.58. The highest BCUT2D eigenvalue weighted by Crippen LogP contribution is 2.16. The average molecular weight is 207 g/mol. The normalized spacial score (nSPS) is 25.3. The maximum Gasteiger partial charge on any atom is 0.187 e. The van der Waals surface area contributed by atoms with Gasteiger partial charge in [0.1, 0.15) is 6.10 Å². The molecular formula is C12H17NO2. The number of aliphatic hydroxyl groups excluding tert-OH is 1. The molecule has 0 fully saturated rings. The van der Waals surface area contributed by atoms with Crippen molar-refractivity contribution in [2.75, 3.05) is 6.54 Å². The van der Waals surface area contributed by atoms with Gasteiger partial charge in [0, 0.05) is 12.7 Å². The number of nitrogens with zero attached hydrogens (tertiary/aromatic N) is 1. The third-order valence-corrected chi connectivity index (χ3v) is 2.27. The van der Waals surface area contributed by atoms with Crippen LogP contribution >= 0.6 is 0 Å². The Kier molecular flexibility index (Phi) is 3.86. The number of ketones is 1. The molecule has 3 nitrogen and oxygen atoms in total. The van der Waals surface area contributed by atoms with Crippen molar-refractivity contribution < 1.29 is 9.90 Å². The summed E-state index contributed by atoms with van der Waals surface area (Å²) in [5.74, 6) is -0.238. The maximum atomic E-state index is 11.3. The van der Waals surface area contributed by atoms with Gasteiger partial charge in [0.05, 0.1) is 6.04 Å². The van der Waals surface area contributed by atoms with Crippen molar-refractivity contribution in [3.05, 3.63) is 36.6 Å². The Morgan fingerprint density at radius 3 is 2.87 bits per heavy atom. The lowest BCUT2D eigenvalue weighted by Crippen LogP contribution is -2.46. The molecule has 0 saturated heterocycles. The lowest BCUT2D eigenvalue weighted by Gasteiger charge is -2.33. The van der Waals surface area contributed by atoms with Crippen LogP contribution < -0.4 is 0 Å². The quantitative estimate of drug-likeness (QED) is 0.708. The van der Waals surface area contributed by atoms with Crippen LogP contribution in [0.5, 0.6) is 0 Å². The number of hydrogen-bond donors (Lipinski definition) is 1. The van der Waals surface area contributed by atoms with E-state index in [-0.39, 0.29) is 11.8 Å². The van der Waals surface area contributed by atoms with Crippen molar-refractivity contribution in [3.8, 4) is 0 Å². The number of carbonyl (C=O) groups is 1. The van der Waals surface area contributed by atoms with E-state index < -0.39 is 6.10 Å². The molecule has 0 aliphatic carbocycles. The fraction of sp³-hybridized carbons (Fsp3) is 0.417. The van der Waals surface area contributed by atoms with Gasteiger partial charge >= 0.3 is 0 Å². The molecule has 0 amide bonds. The second kappa shape index (κ2) is 4.94. The maximum absolute atomic E-state index is 11.3. The molecule has 0 unspecified atom stereocenters. The summed E-state index contributed by atoms with van der Waals surface area (Å²) in [5.41, 5.74) is 1.08.